The van der Waals surface area contributed by atoms with E-state index in [0.29, 0.717) is 24.3 Å². The van der Waals surface area contributed by atoms with Gasteiger partial charge in [-0.3, -0.25) is 4.79 Å². The van der Waals surface area contributed by atoms with Crippen molar-refractivity contribution in [3.05, 3.63) is 35.4 Å². The van der Waals surface area contributed by atoms with E-state index in [1.807, 2.05) is 7.05 Å². The van der Waals surface area contributed by atoms with Gasteiger partial charge >= 0.3 is 0 Å². The Morgan fingerprint density at radius 1 is 1.45 bits per heavy atom. The summed E-state index contributed by atoms with van der Waals surface area (Å²) in [4.78, 5) is 14.6. The van der Waals surface area contributed by atoms with Crippen LogP contribution in [0, 0.1) is 6.92 Å². The summed E-state index contributed by atoms with van der Waals surface area (Å²) in [5, 5.41) is 3.19. The first-order valence-electron chi connectivity index (χ1n) is 7.63. The lowest BCUT2D eigenvalue weighted by Gasteiger charge is -2.26. The first-order chi connectivity index (χ1) is 9.63. The van der Waals surface area contributed by atoms with Crippen molar-refractivity contribution in [1.29, 1.82) is 0 Å². The third kappa shape index (κ3) is 3.40. The van der Waals surface area contributed by atoms with E-state index in [9.17, 15) is 4.79 Å². The second-order valence-electron chi connectivity index (χ2n) is 5.90. The van der Waals surface area contributed by atoms with Crippen LogP contribution in [0.15, 0.2) is 24.3 Å². The maximum atomic E-state index is 12.5. The normalized spacial score (nSPS) is 20.1. The molecule has 1 heterocycles. The fraction of sp³-hybridized carbons (Fsp3) is 0.588. The molecule has 3 heteroatoms. The van der Waals surface area contributed by atoms with Crippen molar-refractivity contribution in [1.82, 2.24) is 10.2 Å². The molecule has 0 bridgehead atoms. The van der Waals surface area contributed by atoms with Crippen molar-refractivity contribution in [2.75, 3.05) is 20.1 Å². The van der Waals surface area contributed by atoms with Gasteiger partial charge in [0.25, 0.3) is 0 Å². The Labute approximate surface area is 122 Å². The quantitative estimate of drug-likeness (QED) is 0.895. The summed E-state index contributed by atoms with van der Waals surface area (Å²) in [7, 11) is 1.96. The Balaban J connectivity index is 1.99. The van der Waals surface area contributed by atoms with Crippen LogP contribution in [0.25, 0.3) is 0 Å². The van der Waals surface area contributed by atoms with Crippen LogP contribution in [0.5, 0.6) is 0 Å². The number of nitrogens with zero attached hydrogens (tertiary/aromatic N) is 1. The number of rotatable bonds is 5. The third-order valence-corrected chi connectivity index (χ3v) is 4.34. The molecule has 1 aliphatic heterocycles. The van der Waals surface area contributed by atoms with Crippen LogP contribution in [0.4, 0.5) is 0 Å². The van der Waals surface area contributed by atoms with Gasteiger partial charge in [-0.25, -0.2) is 0 Å². The smallest absolute Gasteiger partial charge is 0.223 e. The lowest BCUT2D eigenvalue weighted by Crippen LogP contribution is -2.41. The largest absolute Gasteiger partial charge is 0.338 e. The number of carbonyl (C=O) groups excluding carboxylic acids is 1. The minimum absolute atomic E-state index is 0.291. The van der Waals surface area contributed by atoms with E-state index in [-0.39, 0.29) is 0 Å². The Morgan fingerprint density at radius 3 is 2.90 bits per heavy atom. The van der Waals surface area contributed by atoms with Gasteiger partial charge in [0.2, 0.25) is 5.91 Å². The molecule has 1 saturated heterocycles. The van der Waals surface area contributed by atoms with Gasteiger partial charge in [-0.2, -0.15) is 0 Å². The van der Waals surface area contributed by atoms with Crippen molar-refractivity contribution in [3.8, 4) is 0 Å². The maximum absolute atomic E-state index is 12.5. The second-order valence-corrected chi connectivity index (χ2v) is 5.90. The molecule has 2 rings (SSSR count). The van der Waals surface area contributed by atoms with Crippen molar-refractivity contribution in [3.63, 3.8) is 0 Å². The molecule has 0 unspecified atom stereocenters. The number of benzene rings is 1. The van der Waals surface area contributed by atoms with Crippen LogP contribution in [0.3, 0.4) is 0 Å². The highest BCUT2D eigenvalue weighted by molar-refractivity contribution is 5.77. The van der Waals surface area contributed by atoms with Gasteiger partial charge in [0.05, 0.1) is 0 Å². The molecule has 1 aromatic rings. The number of hydrogen-bond acceptors (Lipinski definition) is 2. The average Bonchev–Trinajstić information content (AvgIpc) is 2.88. The Bertz CT molecular complexity index is 458. The monoisotopic (exact) mass is 274 g/mol. The van der Waals surface area contributed by atoms with E-state index in [4.69, 9.17) is 0 Å². The Morgan fingerprint density at radius 2 is 2.20 bits per heavy atom. The van der Waals surface area contributed by atoms with Crippen molar-refractivity contribution in [2.45, 2.75) is 45.1 Å². The number of nitrogens with one attached hydrogen (secondary N) is 1. The van der Waals surface area contributed by atoms with Crippen molar-refractivity contribution >= 4 is 5.91 Å². The van der Waals surface area contributed by atoms with Crippen LogP contribution < -0.4 is 5.32 Å². The second kappa shape index (κ2) is 6.89. The van der Waals surface area contributed by atoms with Gasteiger partial charge in [-0.1, -0.05) is 31.2 Å². The average molecular weight is 274 g/mol. The van der Waals surface area contributed by atoms with Gasteiger partial charge in [0, 0.05) is 25.6 Å². The lowest BCUT2D eigenvalue weighted by molar-refractivity contribution is -0.132. The highest BCUT2D eigenvalue weighted by Gasteiger charge is 2.28. The highest BCUT2D eigenvalue weighted by Crippen LogP contribution is 2.25. The minimum atomic E-state index is 0.291. The van der Waals surface area contributed by atoms with E-state index in [2.05, 4.69) is 48.3 Å². The lowest BCUT2D eigenvalue weighted by atomic mass is 9.93. The summed E-state index contributed by atoms with van der Waals surface area (Å²) in [6.07, 6.45) is 2.88. The van der Waals surface area contributed by atoms with Gasteiger partial charge in [-0.15, -0.1) is 0 Å². The summed E-state index contributed by atoms with van der Waals surface area (Å²) in [6.45, 7) is 6.11. The number of likely N-dealkylation sites (N-methyl/N-ethyl adjacent to an activating group) is 1. The minimum Gasteiger partial charge on any atom is -0.338 e. The van der Waals surface area contributed by atoms with Crippen molar-refractivity contribution in [2.24, 2.45) is 0 Å². The zero-order valence-electron chi connectivity index (χ0n) is 12.9. The summed E-state index contributed by atoms with van der Waals surface area (Å²) in [5.74, 6) is 0.595. The topological polar surface area (TPSA) is 32.3 Å². The molecule has 20 heavy (non-hydrogen) atoms. The van der Waals surface area contributed by atoms with Crippen molar-refractivity contribution < 1.29 is 4.79 Å². The molecule has 2 atom stereocenters. The Kier molecular flexibility index (Phi) is 5.18. The fourth-order valence-electron chi connectivity index (χ4n) is 3.24. The van der Waals surface area contributed by atoms with Gasteiger partial charge < -0.3 is 10.2 Å². The first kappa shape index (κ1) is 15.0. The molecular formula is C17H26N2O. The molecule has 0 radical (unpaired) electrons. The van der Waals surface area contributed by atoms with E-state index in [1.54, 1.807) is 0 Å². The summed E-state index contributed by atoms with van der Waals surface area (Å²) >= 11 is 0. The molecule has 110 valence electrons. The Hall–Kier alpha value is -1.35. The zero-order chi connectivity index (χ0) is 14.5. The number of aryl methyl sites for hydroxylation is 1. The predicted octanol–water partition coefficient (Wildman–Crippen LogP) is 2.70. The van der Waals surface area contributed by atoms with Gasteiger partial charge in [-0.05, 0) is 43.9 Å². The van der Waals surface area contributed by atoms with Crippen LogP contribution in [-0.4, -0.2) is 37.0 Å². The number of amides is 1. The van der Waals surface area contributed by atoms with Crippen LogP contribution in [-0.2, 0) is 4.79 Å². The van der Waals surface area contributed by atoms with Gasteiger partial charge in [0.1, 0.15) is 0 Å². The molecule has 0 aromatic heterocycles. The third-order valence-electron chi connectivity index (χ3n) is 4.34. The summed E-state index contributed by atoms with van der Waals surface area (Å²) in [6, 6.07) is 8.76. The predicted molar refractivity (Wildman–Crippen MR) is 82.9 cm³/mol. The van der Waals surface area contributed by atoms with E-state index in [0.717, 1.165) is 25.9 Å². The standard InChI is InChI=1S/C17H26N2O/c1-13-7-4-5-9-16(13)14(2)11-17(20)19-10-6-8-15(19)12-18-3/h4-5,7,9,14-15,18H,6,8,10-12H2,1-3H3/t14-,15-/m1/s1. The number of carbonyl (C=O) groups is 1. The van der Waals surface area contributed by atoms with Crippen LogP contribution in [0.2, 0.25) is 0 Å². The van der Waals surface area contributed by atoms with E-state index >= 15 is 0 Å². The number of likely N-dealkylation sites (tertiary alicyclic amines) is 1. The van der Waals surface area contributed by atoms with Gasteiger partial charge in [0.15, 0.2) is 0 Å². The fourth-order valence-corrected chi connectivity index (χ4v) is 3.24. The molecule has 1 aromatic carbocycles. The molecule has 1 aliphatic rings. The molecule has 1 N–H and O–H groups in total. The highest BCUT2D eigenvalue weighted by atomic mass is 16.2. The molecule has 3 nitrogen and oxygen atoms in total. The SMILES string of the molecule is CNC[C@H]1CCCN1C(=O)C[C@@H](C)c1ccccc1C. The molecule has 0 aliphatic carbocycles. The molecule has 1 amide bonds. The molecule has 1 fully saturated rings. The molecular weight excluding hydrogens is 248 g/mol. The van der Waals surface area contributed by atoms with Crippen LogP contribution in [0.1, 0.15) is 43.2 Å². The zero-order valence-corrected chi connectivity index (χ0v) is 12.9. The summed E-state index contributed by atoms with van der Waals surface area (Å²) < 4.78 is 0. The van der Waals surface area contributed by atoms with E-state index < -0.39 is 0 Å². The first-order valence-corrected chi connectivity index (χ1v) is 7.63. The number of hydrogen-bond donors (Lipinski definition) is 1. The molecule has 0 saturated carbocycles. The molecule has 0 spiro atoms. The van der Waals surface area contributed by atoms with E-state index in [1.165, 1.54) is 11.1 Å². The van der Waals surface area contributed by atoms with Crippen LogP contribution >= 0.6 is 0 Å². The summed E-state index contributed by atoms with van der Waals surface area (Å²) in [5.41, 5.74) is 2.58. The maximum Gasteiger partial charge on any atom is 0.223 e.